The SMILES string of the molecule is Cc1cccc(CNCC(O)COc2cnsn2)c1. The van der Waals surface area contributed by atoms with Crippen molar-refractivity contribution >= 4 is 11.7 Å². The molecule has 2 aromatic rings. The van der Waals surface area contributed by atoms with Gasteiger partial charge in [-0.1, -0.05) is 29.8 Å². The molecule has 5 nitrogen and oxygen atoms in total. The maximum absolute atomic E-state index is 9.75. The predicted octanol–water partition coefficient (Wildman–Crippen LogP) is 1.38. The maximum atomic E-state index is 9.75. The summed E-state index contributed by atoms with van der Waals surface area (Å²) < 4.78 is 13.0. The van der Waals surface area contributed by atoms with Gasteiger partial charge in [0, 0.05) is 13.1 Å². The minimum atomic E-state index is -0.563. The van der Waals surface area contributed by atoms with Crippen LogP contribution in [0.25, 0.3) is 0 Å². The monoisotopic (exact) mass is 279 g/mol. The van der Waals surface area contributed by atoms with E-state index in [1.165, 1.54) is 17.3 Å². The molecule has 1 unspecified atom stereocenters. The topological polar surface area (TPSA) is 67.3 Å². The molecule has 0 aliphatic heterocycles. The van der Waals surface area contributed by atoms with Crippen molar-refractivity contribution in [3.05, 3.63) is 41.6 Å². The fourth-order valence-corrected chi connectivity index (χ4v) is 2.03. The molecule has 1 aromatic carbocycles. The first-order chi connectivity index (χ1) is 9.24. The highest BCUT2D eigenvalue weighted by atomic mass is 32.1. The van der Waals surface area contributed by atoms with Crippen molar-refractivity contribution in [2.75, 3.05) is 13.2 Å². The van der Waals surface area contributed by atoms with E-state index < -0.39 is 6.10 Å². The third kappa shape index (κ3) is 4.94. The molecule has 1 heterocycles. The molecule has 2 N–H and O–H groups in total. The fourth-order valence-electron chi connectivity index (χ4n) is 1.67. The summed E-state index contributed by atoms with van der Waals surface area (Å²) in [5, 5.41) is 12.9. The van der Waals surface area contributed by atoms with Crippen LogP contribution in [0.15, 0.2) is 30.5 Å². The Balaban J connectivity index is 1.65. The van der Waals surface area contributed by atoms with Crippen LogP contribution in [0.1, 0.15) is 11.1 Å². The third-order valence-electron chi connectivity index (χ3n) is 2.56. The zero-order valence-electron chi connectivity index (χ0n) is 10.7. The van der Waals surface area contributed by atoms with Crippen LogP contribution in [0.3, 0.4) is 0 Å². The number of nitrogens with zero attached hydrogens (tertiary/aromatic N) is 2. The summed E-state index contributed by atoms with van der Waals surface area (Å²) in [5.74, 6) is 0.461. The number of aryl methyl sites for hydroxylation is 1. The van der Waals surface area contributed by atoms with E-state index in [1.54, 1.807) is 0 Å². The number of aliphatic hydroxyl groups excluding tert-OH is 1. The molecule has 1 aromatic heterocycles. The Hall–Kier alpha value is -1.50. The quantitative estimate of drug-likeness (QED) is 0.801. The number of hydrogen-bond acceptors (Lipinski definition) is 6. The number of aromatic nitrogens is 2. The standard InChI is InChI=1S/C13H17N3O2S/c1-10-3-2-4-11(5-10)6-14-7-12(17)9-18-13-8-15-19-16-13/h2-5,8,12,14,17H,6-7,9H2,1H3. The van der Waals surface area contributed by atoms with Crippen molar-refractivity contribution in [3.63, 3.8) is 0 Å². The maximum Gasteiger partial charge on any atom is 0.245 e. The molecule has 0 spiro atoms. The summed E-state index contributed by atoms with van der Waals surface area (Å²) in [6.45, 7) is 3.49. The second-order valence-corrected chi connectivity index (χ2v) is 4.89. The number of ether oxygens (including phenoxy) is 1. The van der Waals surface area contributed by atoms with Crippen LogP contribution < -0.4 is 10.1 Å². The largest absolute Gasteiger partial charge is 0.473 e. The van der Waals surface area contributed by atoms with Gasteiger partial charge in [0.15, 0.2) is 0 Å². The smallest absolute Gasteiger partial charge is 0.245 e. The van der Waals surface area contributed by atoms with E-state index in [0.29, 0.717) is 12.4 Å². The summed E-state index contributed by atoms with van der Waals surface area (Å²) in [4.78, 5) is 0. The molecule has 1 atom stereocenters. The summed E-state index contributed by atoms with van der Waals surface area (Å²) in [7, 11) is 0. The van der Waals surface area contributed by atoms with E-state index in [4.69, 9.17) is 4.74 Å². The lowest BCUT2D eigenvalue weighted by molar-refractivity contribution is 0.104. The van der Waals surface area contributed by atoms with Gasteiger partial charge in [0.1, 0.15) is 18.9 Å². The van der Waals surface area contributed by atoms with E-state index in [0.717, 1.165) is 18.3 Å². The number of nitrogens with one attached hydrogen (secondary N) is 1. The highest BCUT2D eigenvalue weighted by Crippen LogP contribution is 2.05. The summed E-state index contributed by atoms with van der Waals surface area (Å²) in [6, 6.07) is 8.27. The van der Waals surface area contributed by atoms with Crippen molar-refractivity contribution in [1.82, 2.24) is 14.1 Å². The van der Waals surface area contributed by atoms with Crippen molar-refractivity contribution in [3.8, 4) is 5.88 Å². The van der Waals surface area contributed by atoms with E-state index in [-0.39, 0.29) is 6.61 Å². The van der Waals surface area contributed by atoms with Gasteiger partial charge in [0.05, 0.1) is 11.7 Å². The Morgan fingerprint density at radius 1 is 1.47 bits per heavy atom. The molecule has 0 aliphatic carbocycles. The lowest BCUT2D eigenvalue weighted by atomic mass is 10.1. The van der Waals surface area contributed by atoms with Gasteiger partial charge in [-0.2, -0.15) is 4.37 Å². The van der Waals surface area contributed by atoms with Crippen LogP contribution in [-0.4, -0.2) is 33.1 Å². The first-order valence-corrected chi connectivity index (χ1v) is 6.82. The molecule has 0 aliphatic rings. The summed E-state index contributed by atoms with van der Waals surface area (Å²) in [6.07, 6.45) is 0.976. The number of rotatable bonds is 7. The van der Waals surface area contributed by atoms with E-state index >= 15 is 0 Å². The molecule has 0 radical (unpaired) electrons. The van der Waals surface area contributed by atoms with Gasteiger partial charge >= 0.3 is 0 Å². The van der Waals surface area contributed by atoms with Crippen LogP contribution in [0.5, 0.6) is 5.88 Å². The molecular weight excluding hydrogens is 262 g/mol. The van der Waals surface area contributed by atoms with Gasteiger partial charge in [-0.05, 0) is 12.5 Å². The average molecular weight is 279 g/mol. The van der Waals surface area contributed by atoms with Gasteiger partial charge in [-0.3, -0.25) is 0 Å². The predicted molar refractivity (Wildman–Crippen MR) is 74.3 cm³/mol. The highest BCUT2D eigenvalue weighted by molar-refractivity contribution is 6.99. The molecule has 0 bridgehead atoms. The fraction of sp³-hybridized carbons (Fsp3) is 0.385. The summed E-state index contributed by atoms with van der Waals surface area (Å²) in [5.41, 5.74) is 2.44. The molecule has 0 saturated heterocycles. The molecular formula is C13H17N3O2S. The molecule has 2 rings (SSSR count). The first kappa shape index (κ1) is 13.9. The minimum Gasteiger partial charge on any atom is -0.473 e. The lowest BCUT2D eigenvalue weighted by Gasteiger charge is -2.12. The van der Waals surface area contributed by atoms with Crippen molar-refractivity contribution in [1.29, 1.82) is 0 Å². The zero-order valence-corrected chi connectivity index (χ0v) is 11.6. The molecule has 6 heteroatoms. The zero-order chi connectivity index (χ0) is 13.5. The van der Waals surface area contributed by atoms with Gasteiger partial charge in [0.25, 0.3) is 0 Å². The van der Waals surface area contributed by atoms with Crippen LogP contribution in [0.4, 0.5) is 0 Å². The molecule has 0 amide bonds. The van der Waals surface area contributed by atoms with Crippen molar-refractivity contribution in [2.45, 2.75) is 19.6 Å². The van der Waals surface area contributed by atoms with Crippen molar-refractivity contribution in [2.24, 2.45) is 0 Å². The number of benzene rings is 1. The van der Waals surface area contributed by atoms with E-state index in [9.17, 15) is 5.11 Å². The lowest BCUT2D eigenvalue weighted by Crippen LogP contribution is -2.31. The van der Waals surface area contributed by atoms with Crippen molar-refractivity contribution < 1.29 is 9.84 Å². The second kappa shape index (κ2) is 7.18. The second-order valence-electron chi connectivity index (χ2n) is 4.33. The Kier molecular flexibility index (Phi) is 5.26. The van der Waals surface area contributed by atoms with Crippen LogP contribution in [-0.2, 0) is 6.54 Å². The minimum absolute atomic E-state index is 0.215. The molecule has 19 heavy (non-hydrogen) atoms. The first-order valence-electron chi connectivity index (χ1n) is 6.09. The third-order valence-corrected chi connectivity index (χ3v) is 3.02. The Bertz CT molecular complexity index is 490. The van der Waals surface area contributed by atoms with Gasteiger partial charge in [-0.15, -0.1) is 4.37 Å². The number of hydrogen-bond donors (Lipinski definition) is 2. The normalized spacial score (nSPS) is 12.3. The Morgan fingerprint density at radius 3 is 3.11 bits per heavy atom. The Morgan fingerprint density at radius 2 is 2.37 bits per heavy atom. The van der Waals surface area contributed by atoms with Gasteiger partial charge in [0.2, 0.25) is 5.88 Å². The van der Waals surface area contributed by atoms with Crippen LogP contribution in [0, 0.1) is 6.92 Å². The molecule has 102 valence electrons. The molecule has 0 saturated carbocycles. The van der Waals surface area contributed by atoms with Crippen LogP contribution in [0.2, 0.25) is 0 Å². The van der Waals surface area contributed by atoms with Crippen LogP contribution >= 0.6 is 11.7 Å². The van der Waals surface area contributed by atoms with Gasteiger partial charge in [-0.25, -0.2) is 0 Å². The highest BCUT2D eigenvalue weighted by Gasteiger charge is 2.06. The number of aliphatic hydroxyl groups is 1. The summed E-state index contributed by atoms with van der Waals surface area (Å²) >= 11 is 1.09. The Labute approximate surface area is 116 Å². The average Bonchev–Trinajstić information content (AvgIpc) is 2.89. The molecule has 0 fully saturated rings. The van der Waals surface area contributed by atoms with Gasteiger partial charge < -0.3 is 15.2 Å². The van der Waals surface area contributed by atoms with E-state index in [2.05, 4.69) is 39.2 Å². The van der Waals surface area contributed by atoms with E-state index in [1.807, 2.05) is 6.07 Å².